The van der Waals surface area contributed by atoms with Crippen molar-refractivity contribution >= 4 is 25.5 Å². The molecule has 26 heavy (non-hydrogen) atoms. The minimum Gasteiger partial charge on any atom is -0.387 e. The maximum Gasteiger partial charge on any atom is 0.250 e. The lowest BCUT2D eigenvalue weighted by atomic mass is 9.97. The minimum absolute atomic E-state index is 0.0290. The molecule has 0 spiro atoms. The van der Waals surface area contributed by atoms with Crippen LogP contribution in [0.2, 0.25) is 0 Å². The maximum atomic E-state index is 10.7. The fraction of sp³-hybridized carbons (Fsp3) is 0.538. The normalized spacial score (nSPS) is 29.7. The highest BCUT2D eigenvalue weighted by Crippen LogP contribution is 2.41. The smallest absolute Gasteiger partial charge is 0.250 e. The number of anilines is 1. The van der Waals surface area contributed by atoms with Crippen LogP contribution in [0, 0.1) is 11.3 Å². The average Bonchev–Trinajstić information content (AvgIpc) is 3.15. The monoisotopic (exact) mass is 383 g/mol. The SMILES string of the molecule is N#CCC[C@@]1(n2cnc3c(N)ncnc32)O[C@H](COP(N)O)[C@@H](O)[C@H]1O. The maximum absolute atomic E-state index is 10.7. The molecule has 1 aliphatic heterocycles. The molecule has 2 aromatic heterocycles. The van der Waals surface area contributed by atoms with E-state index in [0.717, 1.165) is 0 Å². The number of fused-ring (bicyclic) bond motifs is 1. The number of hydrogen-bond donors (Lipinski definition) is 5. The molecule has 1 saturated heterocycles. The predicted molar refractivity (Wildman–Crippen MR) is 88.7 cm³/mol. The second-order valence-corrected chi connectivity index (χ2v) is 6.60. The van der Waals surface area contributed by atoms with Gasteiger partial charge >= 0.3 is 0 Å². The van der Waals surface area contributed by atoms with Gasteiger partial charge in [0.15, 0.2) is 17.2 Å². The van der Waals surface area contributed by atoms with E-state index in [-0.39, 0.29) is 30.9 Å². The predicted octanol–water partition coefficient (Wildman–Crippen LogP) is -1.32. The summed E-state index contributed by atoms with van der Waals surface area (Å²) < 4.78 is 12.3. The molecule has 1 unspecified atom stereocenters. The topological polar surface area (TPSA) is 199 Å². The van der Waals surface area contributed by atoms with Gasteiger partial charge in [0.05, 0.1) is 19.0 Å². The van der Waals surface area contributed by atoms with Gasteiger partial charge in [0, 0.05) is 12.8 Å². The summed E-state index contributed by atoms with van der Waals surface area (Å²) in [4.78, 5) is 21.2. The molecular weight excluding hydrogens is 365 g/mol. The number of hydrogen-bond acceptors (Lipinski definition) is 11. The molecule has 3 rings (SSSR count). The molecule has 0 saturated carbocycles. The Labute approximate surface area is 149 Å². The molecule has 13 heteroatoms. The Bertz CT molecular complexity index is 827. The first-order chi connectivity index (χ1) is 12.4. The Balaban J connectivity index is 2.04. The third-order valence-electron chi connectivity index (χ3n) is 4.26. The standard InChI is InChI=1S/C13H18N7O5P/c14-3-1-2-13(10(22)9(21)7(25-13)4-24-26(16)23)20-6-19-8-11(15)17-5-18-12(8)20/h5-7,9-10,21-23H,1-2,4,16H2,(H2,15,17,18)/t7-,9-,10-,13-,26?/m1/s1. The number of rotatable bonds is 6. The van der Waals surface area contributed by atoms with Gasteiger partial charge < -0.3 is 30.1 Å². The first kappa shape index (κ1) is 18.8. The first-order valence-corrected chi connectivity index (χ1v) is 8.90. The van der Waals surface area contributed by atoms with Crippen LogP contribution in [-0.2, 0) is 15.0 Å². The minimum atomic E-state index is -2.15. The van der Waals surface area contributed by atoms with Crippen LogP contribution in [0.3, 0.4) is 0 Å². The molecule has 0 aliphatic carbocycles. The number of aliphatic hydroxyl groups is 2. The van der Waals surface area contributed by atoms with Gasteiger partial charge in [-0.1, -0.05) is 0 Å². The van der Waals surface area contributed by atoms with Gasteiger partial charge in [-0.3, -0.25) is 10.1 Å². The molecule has 1 aliphatic rings. The van der Waals surface area contributed by atoms with Crippen molar-refractivity contribution in [2.24, 2.45) is 5.50 Å². The van der Waals surface area contributed by atoms with Crippen LogP contribution in [0.15, 0.2) is 12.7 Å². The molecule has 12 nitrogen and oxygen atoms in total. The van der Waals surface area contributed by atoms with Crippen molar-refractivity contribution in [3.63, 3.8) is 0 Å². The highest BCUT2D eigenvalue weighted by molar-refractivity contribution is 7.43. The number of nitrogens with two attached hydrogens (primary N) is 2. The summed E-state index contributed by atoms with van der Waals surface area (Å²) in [5, 5.41) is 30.1. The van der Waals surface area contributed by atoms with Gasteiger partial charge in [-0.2, -0.15) is 5.26 Å². The van der Waals surface area contributed by atoms with E-state index in [9.17, 15) is 10.2 Å². The van der Waals surface area contributed by atoms with E-state index < -0.39 is 32.6 Å². The van der Waals surface area contributed by atoms with Gasteiger partial charge in [0.25, 0.3) is 0 Å². The number of imidazole rings is 1. The molecule has 0 bridgehead atoms. The quantitative estimate of drug-likeness (QED) is 0.371. The van der Waals surface area contributed by atoms with E-state index in [1.807, 2.05) is 6.07 Å². The van der Waals surface area contributed by atoms with Crippen molar-refractivity contribution in [2.45, 2.75) is 36.9 Å². The largest absolute Gasteiger partial charge is 0.387 e. The van der Waals surface area contributed by atoms with Crippen molar-refractivity contribution in [3.05, 3.63) is 12.7 Å². The molecule has 0 amide bonds. The number of aliphatic hydroxyl groups excluding tert-OH is 2. The third kappa shape index (κ3) is 3.10. The number of nitrogens with zero attached hydrogens (tertiary/aromatic N) is 5. The van der Waals surface area contributed by atoms with Crippen LogP contribution in [0.25, 0.3) is 11.2 Å². The summed E-state index contributed by atoms with van der Waals surface area (Å²) in [5.74, 6) is 0.145. The Hall–Kier alpha value is -1.97. The summed E-state index contributed by atoms with van der Waals surface area (Å²) >= 11 is 0. The molecular formula is C13H18N7O5P. The van der Waals surface area contributed by atoms with Crippen LogP contribution < -0.4 is 11.2 Å². The number of nitrogen functional groups attached to an aromatic ring is 1. The van der Waals surface area contributed by atoms with E-state index in [1.54, 1.807) is 0 Å². The van der Waals surface area contributed by atoms with Crippen molar-refractivity contribution in [2.75, 3.05) is 12.3 Å². The third-order valence-corrected chi connectivity index (χ3v) is 4.67. The zero-order chi connectivity index (χ0) is 18.9. The number of aromatic nitrogens is 4. The van der Waals surface area contributed by atoms with Gasteiger partial charge in [-0.15, -0.1) is 0 Å². The highest BCUT2D eigenvalue weighted by Gasteiger charge is 2.56. The Morgan fingerprint density at radius 2 is 2.19 bits per heavy atom. The summed E-state index contributed by atoms with van der Waals surface area (Å²) in [5.41, 5.74) is 10.0. The van der Waals surface area contributed by atoms with Crippen molar-refractivity contribution in [3.8, 4) is 6.07 Å². The van der Waals surface area contributed by atoms with E-state index in [0.29, 0.717) is 5.52 Å². The number of ether oxygens (including phenoxy) is 1. The molecule has 3 heterocycles. The van der Waals surface area contributed by atoms with Gasteiger partial charge in [-0.25, -0.2) is 15.0 Å². The lowest BCUT2D eigenvalue weighted by Crippen LogP contribution is -2.45. The fourth-order valence-corrected chi connectivity index (χ4v) is 3.35. The van der Waals surface area contributed by atoms with Gasteiger partial charge in [-0.05, 0) is 0 Å². The second-order valence-electron chi connectivity index (χ2n) is 5.74. The van der Waals surface area contributed by atoms with Crippen LogP contribution >= 0.6 is 8.53 Å². The Kier molecular flexibility index (Phi) is 5.31. The summed E-state index contributed by atoms with van der Waals surface area (Å²) in [6, 6.07) is 1.99. The fourth-order valence-electron chi connectivity index (χ4n) is 3.05. The lowest BCUT2D eigenvalue weighted by molar-refractivity contribution is -0.148. The zero-order valence-electron chi connectivity index (χ0n) is 13.5. The van der Waals surface area contributed by atoms with E-state index in [4.69, 9.17) is 30.7 Å². The zero-order valence-corrected chi connectivity index (χ0v) is 14.4. The average molecular weight is 383 g/mol. The van der Waals surface area contributed by atoms with Crippen molar-refractivity contribution in [1.82, 2.24) is 19.5 Å². The Morgan fingerprint density at radius 3 is 2.88 bits per heavy atom. The molecule has 1 fully saturated rings. The summed E-state index contributed by atoms with van der Waals surface area (Å²) in [6.45, 7) is -0.241. The molecule has 0 aromatic carbocycles. The highest BCUT2D eigenvalue weighted by atomic mass is 31.2. The summed E-state index contributed by atoms with van der Waals surface area (Å²) in [6.07, 6.45) is -1.08. The molecule has 2 aromatic rings. The van der Waals surface area contributed by atoms with Crippen molar-refractivity contribution < 1.29 is 24.4 Å². The Morgan fingerprint density at radius 1 is 1.42 bits per heavy atom. The van der Waals surface area contributed by atoms with E-state index in [1.165, 1.54) is 17.2 Å². The van der Waals surface area contributed by atoms with E-state index in [2.05, 4.69) is 15.0 Å². The van der Waals surface area contributed by atoms with Gasteiger partial charge in [0.2, 0.25) is 8.53 Å². The molecule has 140 valence electrons. The van der Waals surface area contributed by atoms with Gasteiger partial charge in [0.1, 0.15) is 30.2 Å². The van der Waals surface area contributed by atoms with Crippen LogP contribution in [0.1, 0.15) is 12.8 Å². The van der Waals surface area contributed by atoms with Crippen molar-refractivity contribution in [1.29, 1.82) is 5.26 Å². The first-order valence-electron chi connectivity index (χ1n) is 7.62. The molecule has 5 atom stereocenters. The van der Waals surface area contributed by atoms with Crippen LogP contribution in [-0.4, -0.2) is 59.5 Å². The molecule has 7 N–H and O–H groups in total. The van der Waals surface area contributed by atoms with Crippen LogP contribution in [0.4, 0.5) is 5.82 Å². The van der Waals surface area contributed by atoms with E-state index >= 15 is 0 Å². The lowest BCUT2D eigenvalue weighted by Gasteiger charge is -2.33. The second kappa shape index (κ2) is 7.34. The summed E-state index contributed by atoms with van der Waals surface area (Å²) in [7, 11) is -2.15. The molecule has 0 radical (unpaired) electrons. The van der Waals surface area contributed by atoms with Crippen LogP contribution in [0.5, 0.6) is 0 Å². The number of nitriles is 1.